The van der Waals surface area contributed by atoms with Gasteiger partial charge in [0.15, 0.2) is 0 Å². The van der Waals surface area contributed by atoms with E-state index in [1.165, 1.54) is 37.5 Å². The lowest BCUT2D eigenvalue weighted by molar-refractivity contribution is 0.450. The van der Waals surface area contributed by atoms with Crippen LogP contribution in [0.2, 0.25) is 0 Å². The van der Waals surface area contributed by atoms with Crippen LogP contribution in [0.4, 0.5) is 4.39 Å². The Hall–Kier alpha value is -1.09. The number of nitrogens with one attached hydrogen (secondary N) is 1. The highest BCUT2D eigenvalue weighted by Crippen LogP contribution is 2.25. The summed E-state index contributed by atoms with van der Waals surface area (Å²) >= 11 is 0. The molecule has 2 nitrogen and oxygen atoms in total. The number of halogens is 1. The van der Waals surface area contributed by atoms with Crippen LogP contribution in [0, 0.1) is 11.7 Å². The quantitative estimate of drug-likeness (QED) is 0.825. The molecule has 0 radical (unpaired) electrons. The van der Waals surface area contributed by atoms with Gasteiger partial charge in [0.1, 0.15) is 11.6 Å². The lowest BCUT2D eigenvalue weighted by Gasteiger charge is -2.13. The first-order valence-corrected chi connectivity index (χ1v) is 5.86. The number of phenolic OH excluding ortho intramolecular Hbond substituents is 1. The molecule has 88 valence electrons. The third-order valence-corrected chi connectivity index (χ3v) is 3.32. The molecule has 2 unspecified atom stereocenters. The van der Waals surface area contributed by atoms with E-state index in [4.69, 9.17) is 0 Å². The van der Waals surface area contributed by atoms with Crippen molar-refractivity contribution in [3.63, 3.8) is 0 Å². The summed E-state index contributed by atoms with van der Waals surface area (Å²) < 4.78 is 13.0. The van der Waals surface area contributed by atoms with Crippen molar-refractivity contribution in [1.82, 2.24) is 5.32 Å². The van der Waals surface area contributed by atoms with Gasteiger partial charge in [0.05, 0.1) is 0 Å². The van der Waals surface area contributed by atoms with E-state index in [0.717, 1.165) is 5.92 Å². The van der Waals surface area contributed by atoms with Gasteiger partial charge >= 0.3 is 0 Å². The van der Waals surface area contributed by atoms with Gasteiger partial charge in [0, 0.05) is 18.2 Å². The summed E-state index contributed by atoms with van der Waals surface area (Å²) in [5.74, 6) is 0.646. The maximum atomic E-state index is 13.0. The first kappa shape index (κ1) is 11.4. The van der Waals surface area contributed by atoms with Crippen LogP contribution in [0.1, 0.15) is 31.7 Å². The lowest BCUT2D eigenvalue weighted by atomic mass is 10.1. The van der Waals surface area contributed by atoms with E-state index < -0.39 is 0 Å². The van der Waals surface area contributed by atoms with E-state index in [-0.39, 0.29) is 11.6 Å². The first-order valence-electron chi connectivity index (χ1n) is 5.86. The van der Waals surface area contributed by atoms with Crippen LogP contribution in [-0.2, 0) is 6.54 Å². The number of benzene rings is 1. The second-order valence-electron chi connectivity index (χ2n) is 4.77. The lowest BCUT2D eigenvalue weighted by Crippen LogP contribution is -2.25. The number of hydrogen-bond donors (Lipinski definition) is 2. The summed E-state index contributed by atoms with van der Waals surface area (Å²) in [6.07, 6.45) is 3.61. The van der Waals surface area contributed by atoms with Gasteiger partial charge in [0.2, 0.25) is 0 Å². The molecule has 1 aliphatic rings. The summed E-state index contributed by atoms with van der Waals surface area (Å²) in [5, 5.41) is 12.9. The van der Waals surface area contributed by atoms with Gasteiger partial charge in [0.25, 0.3) is 0 Å². The van der Waals surface area contributed by atoms with Gasteiger partial charge in [-0.2, -0.15) is 0 Å². The van der Waals surface area contributed by atoms with Crippen molar-refractivity contribution in [3.05, 3.63) is 29.6 Å². The van der Waals surface area contributed by atoms with E-state index in [1.807, 2.05) is 0 Å². The number of hydrogen-bond acceptors (Lipinski definition) is 2. The molecule has 0 saturated heterocycles. The normalized spacial score (nSPS) is 24.9. The maximum absolute atomic E-state index is 13.0. The second kappa shape index (κ2) is 4.83. The molecule has 0 spiro atoms. The fourth-order valence-corrected chi connectivity index (χ4v) is 2.34. The summed E-state index contributed by atoms with van der Waals surface area (Å²) in [5.41, 5.74) is 0.638. The average Bonchev–Trinajstić information content (AvgIpc) is 2.66. The fourth-order valence-electron chi connectivity index (χ4n) is 2.34. The van der Waals surface area contributed by atoms with Gasteiger partial charge in [-0.1, -0.05) is 6.92 Å². The molecule has 2 N–H and O–H groups in total. The molecule has 1 saturated carbocycles. The molecule has 1 aromatic rings. The number of aromatic hydroxyl groups is 1. The molecule has 3 heteroatoms. The highest BCUT2D eigenvalue weighted by molar-refractivity contribution is 5.32. The van der Waals surface area contributed by atoms with Crippen LogP contribution in [0.25, 0.3) is 0 Å². The van der Waals surface area contributed by atoms with Crippen LogP contribution in [0.3, 0.4) is 0 Å². The zero-order valence-corrected chi connectivity index (χ0v) is 9.54. The van der Waals surface area contributed by atoms with Crippen LogP contribution < -0.4 is 5.32 Å². The molecule has 0 amide bonds. The Morgan fingerprint density at radius 3 is 2.94 bits per heavy atom. The molecular formula is C13H18FNO. The Morgan fingerprint density at radius 1 is 1.44 bits per heavy atom. The molecule has 2 atom stereocenters. The van der Waals surface area contributed by atoms with E-state index in [0.29, 0.717) is 18.2 Å². The smallest absolute Gasteiger partial charge is 0.123 e. The van der Waals surface area contributed by atoms with Gasteiger partial charge in [-0.3, -0.25) is 0 Å². The van der Waals surface area contributed by atoms with E-state index in [1.54, 1.807) is 0 Å². The van der Waals surface area contributed by atoms with Crippen molar-refractivity contribution in [1.29, 1.82) is 0 Å². The highest BCUT2D eigenvalue weighted by atomic mass is 19.1. The van der Waals surface area contributed by atoms with Crippen molar-refractivity contribution in [2.24, 2.45) is 5.92 Å². The van der Waals surface area contributed by atoms with Crippen LogP contribution in [0.15, 0.2) is 18.2 Å². The summed E-state index contributed by atoms with van der Waals surface area (Å²) in [7, 11) is 0. The van der Waals surface area contributed by atoms with Crippen molar-refractivity contribution in [3.8, 4) is 5.75 Å². The minimum absolute atomic E-state index is 0.167. The molecule has 0 aromatic heterocycles. The monoisotopic (exact) mass is 223 g/mol. The van der Waals surface area contributed by atoms with Crippen molar-refractivity contribution < 1.29 is 9.50 Å². The largest absolute Gasteiger partial charge is 0.508 e. The third-order valence-electron chi connectivity index (χ3n) is 3.32. The Balaban J connectivity index is 1.91. The molecule has 16 heavy (non-hydrogen) atoms. The Labute approximate surface area is 95.5 Å². The van der Waals surface area contributed by atoms with Crippen molar-refractivity contribution in [2.75, 3.05) is 0 Å². The minimum Gasteiger partial charge on any atom is -0.508 e. The van der Waals surface area contributed by atoms with E-state index >= 15 is 0 Å². The van der Waals surface area contributed by atoms with Crippen molar-refractivity contribution >= 4 is 0 Å². The van der Waals surface area contributed by atoms with Gasteiger partial charge in [-0.25, -0.2) is 4.39 Å². The van der Waals surface area contributed by atoms with Crippen LogP contribution >= 0.6 is 0 Å². The maximum Gasteiger partial charge on any atom is 0.123 e. The SMILES string of the molecule is CC1CCC(NCc2cc(F)ccc2O)C1. The second-order valence-corrected chi connectivity index (χ2v) is 4.77. The first-order chi connectivity index (χ1) is 7.65. The van der Waals surface area contributed by atoms with Crippen LogP contribution in [-0.4, -0.2) is 11.1 Å². The summed E-state index contributed by atoms with van der Waals surface area (Å²) in [6, 6.07) is 4.58. The number of phenols is 1. The predicted octanol–water partition coefficient (Wildman–Crippen LogP) is 2.81. The zero-order chi connectivity index (χ0) is 11.5. The molecule has 2 rings (SSSR count). The van der Waals surface area contributed by atoms with Gasteiger partial charge < -0.3 is 10.4 Å². The average molecular weight is 223 g/mol. The molecule has 1 fully saturated rings. The Kier molecular flexibility index (Phi) is 3.44. The van der Waals surface area contributed by atoms with E-state index in [2.05, 4.69) is 12.2 Å². The predicted molar refractivity (Wildman–Crippen MR) is 61.7 cm³/mol. The fraction of sp³-hybridized carbons (Fsp3) is 0.538. The zero-order valence-electron chi connectivity index (χ0n) is 9.54. The summed E-state index contributed by atoms with van der Waals surface area (Å²) in [6.45, 7) is 2.79. The molecule has 1 aromatic carbocycles. The van der Waals surface area contributed by atoms with E-state index in [9.17, 15) is 9.50 Å². The minimum atomic E-state index is -0.297. The molecule has 1 aliphatic carbocycles. The van der Waals surface area contributed by atoms with Crippen molar-refractivity contribution in [2.45, 2.75) is 38.8 Å². The molecule has 0 bridgehead atoms. The standard InChI is InChI=1S/C13H18FNO/c1-9-2-4-12(6-9)15-8-10-7-11(14)3-5-13(10)16/h3,5,7,9,12,15-16H,2,4,6,8H2,1H3. The molecule has 0 aliphatic heterocycles. The topological polar surface area (TPSA) is 32.3 Å². The molecule has 0 heterocycles. The number of rotatable bonds is 3. The van der Waals surface area contributed by atoms with Gasteiger partial charge in [-0.05, 0) is 43.4 Å². The Morgan fingerprint density at radius 2 is 2.25 bits per heavy atom. The third kappa shape index (κ3) is 2.73. The Bertz CT molecular complexity index is 367. The van der Waals surface area contributed by atoms with Crippen LogP contribution in [0.5, 0.6) is 5.75 Å². The molecular weight excluding hydrogens is 205 g/mol. The van der Waals surface area contributed by atoms with Gasteiger partial charge in [-0.15, -0.1) is 0 Å². The highest BCUT2D eigenvalue weighted by Gasteiger charge is 2.20. The summed E-state index contributed by atoms with van der Waals surface area (Å²) in [4.78, 5) is 0.